The summed E-state index contributed by atoms with van der Waals surface area (Å²) in [4.78, 5) is 16.4. The van der Waals surface area contributed by atoms with Gasteiger partial charge in [-0.3, -0.25) is 4.79 Å². The number of hydrogen-bond donors (Lipinski definition) is 1. The number of esters is 1. The van der Waals surface area contributed by atoms with E-state index in [1.54, 1.807) is 11.8 Å². The second kappa shape index (κ2) is 7.64. The molecule has 112 valence electrons. The number of rotatable bonds is 7. The predicted octanol–water partition coefficient (Wildman–Crippen LogP) is 2.72. The molecule has 0 amide bonds. The number of carbonyl (C=O) groups is 1. The smallest absolute Gasteiger partial charge is 0.325 e. The van der Waals surface area contributed by atoms with E-state index in [1.807, 2.05) is 20.8 Å². The number of carbonyl (C=O) groups excluding carboxylic acids is 1. The average Bonchev–Trinajstić information content (AvgIpc) is 2.37. The molecule has 1 heterocycles. The molecule has 0 aliphatic rings. The number of methoxy groups -OCH3 is 1. The van der Waals surface area contributed by atoms with Gasteiger partial charge in [0, 0.05) is 11.4 Å². The Morgan fingerprint density at radius 1 is 1.45 bits per heavy atom. The first-order valence-corrected chi connectivity index (χ1v) is 7.81. The molecule has 1 aromatic rings. The number of nitrogens with zero attached hydrogens (tertiary/aromatic N) is 1. The first kappa shape index (κ1) is 17.0. The zero-order valence-corrected chi connectivity index (χ0v) is 13.8. The number of ether oxygens (including phenoxy) is 1. The molecule has 1 aromatic heterocycles. The normalized spacial score (nSPS) is 13.8. The highest BCUT2D eigenvalue weighted by molar-refractivity contribution is 7.99. The van der Waals surface area contributed by atoms with Gasteiger partial charge >= 0.3 is 5.97 Å². The molecule has 0 saturated carbocycles. The molecule has 0 aromatic carbocycles. The topological polar surface area (TPSA) is 51.2 Å². The molecule has 1 N–H and O–H groups in total. The molecule has 0 fully saturated rings. The van der Waals surface area contributed by atoms with Crippen LogP contribution in [-0.4, -0.2) is 35.9 Å². The van der Waals surface area contributed by atoms with Gasteiger partial charge in [0.25, 0.3) is 0 Å². The van der Waals surface area contributed by atoms with E-state index in [1.165, 1.54) is 12.7 Å². The molecule has 20 heavy (non-hydrogen) atoms. The summed E-state index contributed by atoms with van der Waals surface area (Å²) in [5.41, 5.74) is 1.60. The van der Waals surface area contributed by atoms with Gasteiger partial charge in [0.15, 0.2) is 0 Å². The Labute approximate surface area is 125 Å². The molecular formula is C15H24N2O2S. The molecule has 0 radical (unpaired) electrons. The lowest BCUT2D eigenvalue weighted by atomic mass is 9.99. The molecule has 1 rings (SSSR count). The fraction of sp³-hybridized carbons (Fsp3) is 0.600. The standard InChI is InChI=1S/C15H24N2O2S/c1-6-16-15(4,14(18)19-5)7-8-20-13-10-11(2)9-12(3)17-13/h9-10,16H,6-8H2,1-5H3. The van der Waals surface area contributed by atoms with Crippen molar-refractivity contribution in [2.24, 2.45) is 0 Å². The third kappa shape index (κ3) is 4.80. The Bertz CT molecular complexity index is 445. The van der Waals surface area contributed by atoms with Crippen molar-refractivity contribution in [1.29, 1.82) is 0 Å². The Morgan fingerprint density at radius 2 is 2.15 bits per heavy atom. The number of nitrogens with one attached hydrogen (secondary N) is 1. The van der Waals surface area contributed by atoms with Gasteiger partial charge in [-0.15, -0.1) is 11.8 Å². The van der Waals surface area contributed by atoms with Gasteiger partial charge in [0.05, 0.1) is 12.1 Å². The Hall–Kier alpha value is -1.07. The molecule has 5 heteroatoms. The first-order valence-electron chi connectivity index (χ1n) is 6.83. The lowest BCUT2D eigenvalue weighted by molar-refractivity contribution is -0.147. The summed E-state index contributed by atoms with van der Waals surface area (Å²) in [6.07, 6.45) is 0.701. The van der Waals surface area contributed by atoms with Crippen LogP contribution in [0.3, 0.4) is 0 Å². The van der Waals surface area contributed by atoms with Crippen LogP contribution >= 0.6 is 11.8 Å². The number of thioether (sulfide) groups is 1. The van der Waals surface area contributed by atoms with Crippen molar-refractivity contribution in [3.63, 3.8) is 0 Å². The van der Waals surface area contributed by atoms with E-state index in [9.17, 15) is 4.79 Å². The Balaban J connectivity index is 2.62. The quantitative estimate of drug-likeness (QED) is 0.619. The average molecular weight is 296 g/mol. The molecule has 0 spiro atoms. The van der Waals surface area contributed by atoms with E-state index >= 15 is 0 Å². The third-order valence-electron chi connectivity index (χ3n) is 3.13. The summed E-state index contributed by atoms with van der Waals surface area (Å²) in [6, 6.07) is 4.13. The maximum Gasteiger partial charge on any atom is 0.325 e. The maximum atomic E-state index is 11.9. The Kier molecular flexibility index (Phi) is 6.49. The second-order valence-electron chi connectivity index (χ2n) is 5.08. The molecule has 0 aliphatic carbocycles. The number of aromatic nitrogens is 1. The van der Waals surface area contributed by atoms with Crippen LogP contribution in [0.25, 0.3) is 0 Å². The van der Waals surface area contributed by atoms with Crippen LogP contribution in [0, 0.1) is 13.8 Å². The number of likely N-dealkylation sites (N-methyl/N-ethyl adjacent to an activating group) is 1. The fourth-order valence-corrected chi connectivity index (χ4v) is 3.31. The molecular weight excluding hydrogens is 272 g/mol. The number of hydrogen-bond acceptors (Lipinski definition) is 5. The van der Waals surface area contributed by atoms with Gasteiger partial charge in [-0.1, -0.05) is 6.92 Å². The van der Waals surface area contributed by atoms with E-state index in [2.05, 4.69) is 29.4 Å². The highest BCUT2D eigenvalue weighted by atomic mass is 32.2. The van der Waals surface area contributed by atoms with Crippen LogP contribution in [-0.2, 0) is 9.53 Å². The van der Waals surface area contributed by atoms with Gasteiger partial charge in [0.2, 0.25) is 0 Å². The minimum atomic E-state index is -0.630. The van der Waals surface area contributed by atoms with Gasteiger partial charge in [-0.2, -0.15) is 0 Å². The monoisotopic (exact) mass is 296 g/mol. The minimum absolute atomic E-state index is 0.215. The van der Waals surface area contributed by atoms with E-state index < -0.39 is 5.54 Å². The molecule has 0 bridgehead atoms. The van der Waals surface area contributed by atoms with Crippen molar-refractivity contribution in [2.45, 2.75) is 44.7 Å². The van der Waals surface area contributed by atoms with E-state index in [0.717, 1.165) is 23.0 Å². The van der Waals surface area contributed by atoms with Gasteiger partial charge in [-0.25, -0.2) is 4.98 Å². The van der Waals surface area contributed by atoms with Crippen molar-refractivity contribution in [1.82, 2.24) is 10.3 Å². The number of aryl methyl sites for hydroxylation is 2. The molecule has 1 unspecified atom stereocenters. The van der Waals surface area contributed by atoms with Crippen LogP contribution < -0.4 is 5.32 Å². The first-order chi connectivity index (χ1) is 9.41. The van der Waals surface area contributed by atoms with Crippen LogP contribution in [0.1, 0.15) is 31.5 Å². The second-order valence-corrected chi connectivity index (χ2v) is 6.19. The van der Waals surface area contributed by atoms with Crippen LogP contribution in [0.4, 0.5) is 0 Å². The highest BCUT2D eigenvalue weighted by Crippen LogP contribution is 2.22. The van der Waals surface area contributed by atoms with Crippen LogP contribution in [0.5, 0.6) is 0 Å². The lowest BCUT2D eigenvalue weighted by Gasteiger charge is -2.27. The molecule has 4 nitrogen and oxygen atoms in total. The van der Waals surface area contributed by atoms with Gasteiger partial charge in [0.1, 0.15) is 5.54 Å². The zero-order valence-electron chi connectivity index (χ0n) is 12.9. The van der Waals surface area contributed by atoms with Gasteiger partial charge in [-0.05, 0) is 51.4 Å². The highest BCUT2D eigenvalue weighted by Gasteiger charge is 2.32. The maximum absolute atomic E-state index is 11.9. The molecule has 0 saturated heterocycles. The number of pyridine rings is 1. The summed E-state index contributed by atoms with van der Waals surface area (Å²) in [6.45, 7) is 8.67. The van der Waals surface area contributed by atoms with Gasteiger partial charge < -0.3 is 10.1 Å². The molecule has 0 aliphatic heterocycles. The summed E-state index contributed by atoms with van der Waals surface area (Å²) in [7, 11) is 1.43. The fourth-order valence-electron chi connectivity index (χ4n) is 2.12. The van der Waals surface area contributed by atoms with E-state index in [-0.39, 0.29) is 5.97 Å². The van der Waals surface area contributed by atoms with Crippen molar-refractivity contribution in [3.8, 4) is 0 Å². The lowest BCUT2D eigenvalue weighted by Crippen LogP contribution is -2.50. The Morgan fingerprint density at radius 3 is 2.70 bits per heavy atom. The minimum Gasteiger partial charge on any atom is -0.468 e. The zero-order chi connectivity index (χ0) is 15.2. The summed E-state index contributed by atoms with van der Waals surface area (Å²) >= 11 is 1.67. The third-order valence-corrected chi connectivity index (χ3v) is 4.04. The van der Waals surface area contributed by atoms with Crippen molar-refractivity contribution >= 4 is 17.7 Å². The van der Waals surface area contributed by atoms with Crippen LogP contribution in [0.15, 0.2) is 17.2 Å². The van der Waals surface area contributed by atoms with Crippen molar-refractivity contribution in [3.05, 3.63) is 23.4 Å². The summed E-state index contributed by atoms with van der Waals surface area (Å²) in [5, 5.41) is 4.22. The van der Waals surface area contributed by atoms with Crippen molar-refractivity contribution in [2.75, 3.05) is 19.4 Å². The summed E-state index contributed by atoms with van der Waals surface area (Å²) < 4.78 is 4.88. The van der Waals surface area contributed by atoms with Crippen molar-refractivity contribution < 1.29 is 9.53 Å². The van der Waals surface area contributed by atoms with E-state index in [0.29, 0.717) is 6.42 Å². The van der Waals surface area contributed by atoms with E-state index in [4.69, 9.17) is 4.74 Å². The van der Waals surface area contributed by atoms with Crippen LogP contribution in [0.2, 0.25) is 0 Å². The predicted molar refractivity (Wildman–Crippen MR) is 83.1 cm³/mol. The largest absolute Gasteiger partial charge is 0.468 e. The molecule has 1 atom stereocenters. The summed E-state index contributed by atoms with van der Waals surface area (Å²) in [5.74, 6) is 0.599. The SMILES string of the molecule is CCNC(C)(CCSc1cc(C)cc(C)n1)C(=O)OC.